The lowest BCUT2D eigenvalue weighted by Gasteiger charge is -2.06. The van der Waals surface area contributed by atoms with Crippen LogP contribution in [0.5, 0.6) is 5.75 Å². The van der Waals surface area contributed by atoms with E-state index in [9.17, 15) is 0 Å². The number of pyridine rings is 1. The Morgan fingerprint density at radius 1 is 1.18 bits per heavy atom. The molecule has 0 bridgehead atoms. The van der Waals surface area contributed by atoms with Crippen LogP contribution in [0.1, 0.15) is 18.2 Å². The van der Waals surface area contributed by atoms with Crippen molar-refractivity contribution in [3.8, 4) is 5.75 Å². The number of aromatic nitrogens is 1. The van der Waals surface area contributed by atoms with Gasteiger partial charge in [0.15, 0.2) is 0 Å². The second kappa shape index (κ2) is 5.85. The van der Waals surface area contributed by atoms with Crippen molar-refractivity contribution in [1.82, 2.24) is 4.98 Å². The molecule has 0 saturated heterocycles. The van der Waals surface area contributed by atoms with Gasteiger partial charge in [-0.3, -0.25) is 4.98 Å². The maximum absolute atomic E-state index is 5.68. The number of hydrogen-bond acceptors (Lipinski definition) is 2. The molecule has 86 valence electrons. The summed E-state index contributed by atoms with van der Waals surface area (Å²) in [5.74, 6) is 0.867. The van der Waals surface area contributed by atoms with E-state index in [1.165, 1.54) is 0 Å². The number of allylic oxidation sites excluding steroid dienone is 1. The van der Waals surface area contributed by atoms with E-state index in [-0.39, 0.29) is 0 Å². The molecule has 2 rings (SSSR count). The third-order valence-electron chi connectivity index (χ3n) is 2.33. The van der Waals surface area contributed by atoms with Crippen LogP contribution < -0.4 is 4.74 Å². The van der Waals surface area contributed by atoms with Crippen molar-refractivity contribution in [2.45, 2.75) is 13.5 Å². The van der Waals surface area contributed by atoms with Gasteiger partial charge in [-0.05, 0) is 36.8 Å². The lowest BCUT2D eigenvalue weighted by atomic mass is 10.2. The Morgan fingerprint density at radius 3 is 2.88 bits per heavy atom. The molecular weight excluding hydrogens is 210 g/mol. The summed E-state index contributed by atoms with van der Waals surface area (Å²) >= 11 is 0. The fraction of sp³-hybridized carbons (Fsp3) is 0.133. The van der Waals surface area contributed by atoms with Gasteiger partial charge < -0.3 is 4.74 Å². The Labute approximate surface area is 102 Å². The average molecular weight is 225 g/mol. The van der Waals surface area contributed by atoms with Crippen molar-refractivity contribution in [1.29, 1.82) is 0 Å². The van der Waals surface area contributed by atoms with Crippen molar-refractivity contribution in [2.24, 2.45) is 0 Å². The summed E-state index contributed by atoms with van der Waals surface area (Å²) < 4.78 is 5.68. The largest absolute Gasteiger partial charge is 0.487 e. The number of nitrogens with zero attached hydrogens (tertiary/aromatic N) is 1. The summed E-state index contributed by atoms with van der Waals surface area (Å²) in [5, 5.41) is 0. The van der Waals surface area contributed by atoms with E-state index in [0.717, 1.165) is 17.0 Å². The molecule has 0 N–H and O–H groups in total. The van der Waals surface area contributed by atoms with E-state index >= 15 is 0 Å². The lowest BCUT2D eigenvalue weighted by Crippen LogP contribution is -1.97. The molecule has 1 heterocycles. The predicted octanol–water partition coefficient (Wildman–Crippen LogP) is 3.69. The first kappa shape index (κ1) is 11.4. The van der Waals surface area contributed by atoms with Gasteiger partial charge in [-0.2, -0.15) is 0 Å². The first-order chi connectivity index (χ1) is 8.38. The van der Waals surface area contributed by atoms with Crippen molar-refractivity contribution in [3.63, 3.8) is 0 Å². The third-order valence-corrected chi connectivity index (χ3v) is 2.33. The monoisotopic (exact) mass is 225 g/mol. The van der Waals surface area contributed by atoms with Gasteiger partial charge in [0, 0.05) is 6.20 Å². The molecule has 17 heavy (non-hydrogen) atoms. The molecule has 0 saturated carbocycles. The third kappa shape index (κ3) is 3.45. The van der Waals surface area contributed by atoms with Gasteiger partial charge in [0.05, 0.1) is 5.69 Å². The molecule has 0 aliphatic rings. The lowest BCUT2D eigenvalue weighted by molar-refractivity contribution is 0.301. The van der Waals surface area contributed by atoms with Crippen LogP contribution in [0.2, 0.25) is 0 Å². The SMILES string of the molecule is C/C=C/c1cccc(OCc2ccccn2)c1. The summed E-state index contributed by atoms with van der Waals surface area (Å²) in [4.78, 5) is 4.21. The van der Waals surface area contributed by atoms with Crippen LogP contribution >= 0.6 is 0 Å². The molecule has 0 atom stereocenters. The molecule has 2 heteroatoms. The van der Waals surface area contributed by atoms with Crippen LogP contribution in [0.25, 0.3) is 6.08 Å². The quantitative estimate of drug-likeness (QED) is 0.791. The van der Waals surface area contributed by atoms with Gasteiger partial charge in [0.1, 0.15) is 12.4 Å². The molecule has 0 fully saturated rings. The minimum atomic E-state index is 0.500. The molecule has 0 aliphatic carbocycles. The smallest absolute Gasteiger partial charge is 0.130 e. The van der Waals surface area contributed by atoms with Gasteiger partial charge in [-0.1, -0.05) is 30.4 Å². The Kier molecular flexibility index (Phi) is 3.92. The molecule has 0 spiro atoms. The van der Waals surface area contributed by atoms with Gasteiger partial charge in [-0.25, -0.2) is 0 Å². The van der Waals surface area contributed by atoms with Gasteiger partial charge in [0.25, 0.3) is 0 Å². The molecular formula is C15H15NO. The first-order valence-corrected chi connectivity index (χ1v) is 5.64. The minimum Gasteiger partial charge on any atom is -0.487 e. The molecule has 0 radical (unpaired) electrons. The van der Waals surface area contributed by atoms with E-state index in [1.807, 2.05) is 61.5 Å². The highest BCUT2D eigenvalue weighted by atomic mass is 16.5. The Bertz CT molecular complexity index is 491. The van der Waals surface area contributed by atoms with E-state index in [4.69, 9.17) is 4.74 Å². The summed E-state index contributed by atoms with van der Waals surface area (Å²) in [5.41, 5.74) is 2.08. The highest BCUT2D eigenvalue weighted by Crippen LogP contribution is 2.15. The first-order valence-electron chi connectivity index (χ1n) is 5.64. The van der Waals surface area contributed by atoms with Crippen LogP contribution in [0.4, 0.5) is 0 Å². The molecule has 2 aromatic rings. The number of rotatable bonds is 4. The van der Waals surface area contributed by atoms with Crippen LogP contribution in [-0.2, 0) is 6.61 Å². The van der Waals surface area contributed by atoms with E-state index in [1.54, 1.807) is 6.20 Å². The summed E-state index contributed by atoms with van der Waals surface area (Å²) in [6.45, 7) is 2.50. The van der Waals surface area contributed by atoms with Crippen molar-refractivity contribution >= 4 is 6.08 Å². The highest BCUT2D eigenvalue weighted by molar-refractivity contribution is 5.51. The Morgan fingerprint density at radius 2 is 2.12 bits per heavy atom. The van der Waals surface area contributed by atoms with Crippen molar-refractivity contribution in [2.75, 3.05) is 0 Å². The number of hydrogen-bond donors (Lipinski definition) is 0. The molecule has 0 amide bonds. The van der Waals surface area contributed by atoms with E-state index in [2.05, 4.69) is 4.98 Å². The Balaban J connectivity index is 2.02. The molecule has 2 nitrogen and oxygen atoms in total. The van der Waals surface area contributed by atoms with Gasteiger partial charge in [0.2, 0.25) is 0 Å². The van der Waals surface area contributed by atoms with Crippen molar-refractivity contribution < 1.29 is 4.74 Å². The average Bonchev–Trinajstić information content (AvgIpc) is 2.39. The van der Waals surface area contributed by atoms with Gasteiger partial charge >= 0.3 is 0 Å². The standard InChI is InChI=1S/C15H15NO/c1-2-6-13-7-5-9-15(11-13)17-12-14-8-3-4-10-16-14/h2-11H,12H2,1H3/b6-2+. The molecule has 1 aromatic carbocycles. The molecule has 1 aromatic heterocycles. The normalized spacial score (nSPS) is 10.6. The zero-order valence-electron chi connectivity index (χ0n) is 9.84. The second-order valence-electron chi connectivity index (χ2n) is 3.68. The van der Waals surface area contributed by atoms with E-state index < -0.39 is 0 Å². The number of benzene rings is 1. The van der Waals surface area contributed by atoms with Crippen LogP contribution in [0.3, 0.4) is 0 Å². The maximum atomic E-state index is 5.68. The minimum absolute atomic E-state index is 0.500. The highest BCUT2D eigenvalue weighted by Gasteiger charge is 1.96. The maximum Gasteiger partial charge on any atom is 0.130 e. The molecule has 0 aliphatic heterocycles. The van der Waals surface area contributed by atoms with Crippen LogP contribution in [0, 0.1) is 0 Å². The predicted molar refractivity (Wildman–Crippen MR) is 69.7 cm³/mol. The second-order valence-corrected chi connectivity index (χ2v) is 3.68. The summed E-state index contributed by atoms with van der Waals surface area (Å²) in [6, 6.07) is 13.8. The summed E-state index contributed by atoms with van der Waals surface area (Å²) in [7, 11) is 0. The van der Waals surface area contributed by atoms with Crippen molar-refractivity contribution in [3.05, 3.63) is 66.0 Å². The molecule has 0 unspecified atom stereocenters. The van der Waals surface area contributed by atoms with Gasteiger partial charge in [-0.15, -0.1) is 0 Å². The fourth-order valence-electron chi connectivity index (χ4n) is 1.54. The zero-order valence-corrected chi connectivity index (χ0v) is 9.84. The topological polar surface area (TPSA) is 22.1 Å². The van der Waals surface area contributed by atoms with Crippen LogP contribution in [0.15, 0.2) is 54.7 Å². The van der Waals surface area contributed by atoms with Crippen LogP contribution in [-0.4, -0.2) is 4.98 Å². The summed E-state index contributed by atoms with van der Waals surface area (Å²) in [6.07, 6.45) is 5.83. The Hall–Kier alpha value is -2.09. The fourth-order valence-corrected chi connectivity index (χ4v) is 1.54. The van der Waals surface area contributed by atoms with E-state index in [0.29, 0.717) is 6.61 Å². The zero-order chi connectivity index (χ0) is 11.9. The number of ether oxygens (including phenoxy) is 1.